The number of aromatic hydroxyl groups is 1. The zero-order chi connectivity index (χ0) is 13.8. The van der Waals surface area contributed by atoms with Gasteiger partial charge < -0.3 is 10.4 Å². The predicted octanol–water partition coefficient (Wildman–Crippen LogP) is 3.22. The summed E-state index contributed by atoms with van der Waals surface area (Å²) in [5.41, 5.74) is 0.825. The van der Waals surface area contributed by atoms with Gasteiger partial charge in [-0.25, -0.2) is 4.39 Å². The lowest BCUT2D eigenvalue weighted by molar-refractivity contribution is 0.0947. The second-order valence-electron chi connectivity index (χ2n) is 3.97. The molecule has 0 aliphatic heterocycles. The van der Waals surface area contributed by atoms with Crippen LogP contribution in [0.5, 0.6) is 5.75 Å². The molecular weight excluding hydrogens is 313 g/mol. The van der Waals surface area contributed by atoms with Gasteiger partial charge in [-0.2, -0.15) is 0 Å². The van der Waals surface area contributed by atoms with Gasteiger partial charge in [0.25, 0.3) is 5.91 Å². The van der Waals surface area contributed by atoms with Crippen LogP contribution in [0.1, 0.15) is 15.9 Å². The molecule has 0 aliphatic rings. The number of amides is 1. The highest BCUT2D eigenvalue weighted by molar-refractivity contribution is 9.10. The van der Waals surface area contributed by atoms with E-state index in [1.165, 1.54) is 12.1 Å². The largest absolute Gasteiger partial charge is 0.508 e. The minimum Gasteiger partial charge on any atom is -0.508 e. The van der Waals surface area contributed by atoms with Crippen molar-refractivity contribution in [2.24, 2.45) is 0 Å². The number of hydrogen-bond acceptors (Lipinski definition) is 2. The van der Waals surface area contributed by atoms with E-state index in [2.05, 4.69) is 21.2 Å². The van der Waals surface area contributed by atoms with Crippen molar-refractivity contribution < 1.29 is 14.3 Å². The number of hydrogen-bond donors (Lipinski definition) is 2. The van der Waals surface area contributed by atoms with Crippen LogP contribution >= 0.6 is 15.9 Å². The average molecular weight is 324 g/mol. The van der Waals surface area contributed by atoms with E-state index >= 15 is 0 Å². The number of rotatable bonds is 3. The molecule has 5 heteroatoms. The number of nitrogens with one attached hydrogen (secondary N) is 1. The van der Waals surface area contributed by atoms with Crippen LogP contribution in [-0.4, -0.2) is 11.0 Å². The minimum absolute atomic E-state index is 0.0880. The molecule has 98 valence electrons. The molecule has 1 amide bonds. The molecule has 0 spiro atoms. The topological polar surface area (TPSA) is 49.3 Å². The molecule has 19 heavy (non-hydrogen) atoms. The molecule has 2 N–H and O–H groups in total. The fourth-order valence-electron chi connectivity index (χ4n) is 1.57. The SMILES string of the molecule is O=C(NCc1ccc(Br)cc1)c1ccc(O)cc1F. The van der Waals surface area contributed by atoms with Crippen LogP contribution in [0.3, 0.4) is 0 Å². The number of phenolic OH excluding ortho intramolecular Hbond substituents is 1. The van der Waals surface area contributed by atoms with E-state index in [1.54, 1.807) is 0 Å². The number of carbonyl (C=O) groups is 1. The van der Waals surface area contributed by atoms with Gasteiger partial charge in [-0.05, 0) is 29.8 Å². The van der Waals surface area contributed by atoms with Crippen molar-refractivity contribution >= 4 is 21.8 Å². The zero-order valence-corrected chi connectivity index (χ0v) is 11.4. The molecule has 0 bridgehead atoms. The van der Waals surface area contributed by atoms with Crippen molar-refractivity contribution in [3.8, 4) is 5.75 Å². The highest BCUT2D eigenvalue weighted by atomic mass is 79.9. The van der Waals surface area contributed by atoms with Crippen molar-refractivity contribution in [2.75, 3.05) is 0 Å². The van der Waals surface area contributed by atoms with Gasteiger partial charge in [0.15, 0.2) is 0 Å². The highest BCUT2D eigenvalue weighted by Crippen LogP contribution is 2.15. The first kappa shape index (κ1) is 13.5. The lowest BCUT2D eigenvalue weighted by Crippen LogP contribution is -2.23. The van der Waals surface area contributed by atoms with Gasteiger partial charge in [-0.3, -0.25) is 4.79 Å². The van der Waals surface area contributed by atoms with E-state index in [1.807, 2.05) is 24.3 Å². The number of halogens is 2. The maximum atomic E-state index is 13.5. The zero-order valence-electron chi connectivity index (χ0n) is 9.86. The Labute approximate surface area is 118 Å². The summed E-state index contributed by atoms with van der Waals surface area (Å²) in [7, 11) is 0. The average Bonchev–Trinajstić information content (AvgIpc) is 2.37. The molecule has 0 aromatic heterocycles. The summed E-state index contributed by atoms with van der Waals surface area (Å²) in [6, 6.07) is 10.9. The quantitative estimate of drug-likeness (QED) is 0.911. The molecule has 2 aromatic rings. The summed E-state index contributed by atoms with van der Waals surface area (Å²) in [4.78, 5) is 11.8. The Morgan fingerprint density at radius 2 is 1.89 bits per heavy atom. The van der Waals surface area contributed by atoms with E-state index in [0.717, 1.165) is 16.1 Å². The van der Waals surface area contributed by atoms with Crippen molar-refractivity contribution in [1.82, 2.24) is 5.32 Å². The molecule has 3 nitrogen and oxygen atoms in total. The van der Waals surface area contributed by atoms with E-state index in [4.69, 9.17) is 5.11 Å². The van der Waals surface area contributed by atoms with Gasteiger partial charge in [-0.15, -0.1) is 0 Å². The Hall–Kier alpha value is -1.88. The molecule has 2 aromatic carbocycles. The van der Waals surface area contributed by atoms with Crippen LogP contribution < -0.4 is 5.32 Å². The molecule has 0 fully saturated rings. The molecular formula is C14H11BrFNO2. The Kier molecular flexibility index (Phi) is 4.16. The molecule has 0 heterocycles. The first-order valence-corrected chi connectivity index (χ1v) is 6.37. The van der Waals surface area contributed by atoms with Crippen molar-refractivity contribution in [3.63, 3.8) is 0 Å². The van der Waals surface area contributed by atoms with Crippen LogP contribution in [0.4, 0.5) is 4.39 Å². The van der Waals surface area contributed by atoms with E-state index in [0.29, 0.717) is 6.54 Å². The summed E-state index contributed by atoms with van der Waals surface area (Å²) in [6.45, 7) is 0.312. The van der Waals surface area contributed by atoms with Gasteiger partial charge in [0.1, 0.15) is 11.6 Å². The fourth-order valence-corrected chi connectivity index (χ4v) is 1.83. The fraction of sp³-hybridized carbons (Fsp3) is 0.0714. The maximum Gasteiger partial charge on any atom is 0.254 e. The van der Waals surface area contributed by atoms with Crippen molar-refractivity contribution in [3.05, 3.63) is 63.9 Å². The monoisotopic (exact) mass is 323 g/mol. The second kappa shape index (κ2) is 5.84. The van der Waals surface area contributed by atoms with Crippen LogP contribution in [0, 0.1) is 5.82 Å². The van der Waals surface area contributed by atoms with Crippen molar-refractivity contribution in [1.29, 1.82) is 0 Å². The first-order valence-electron chi connectivity index (χ1n) is 5.57. The van der Waals surface area contributed by atoms with E-state index in [9.17, 15) is 9.18 Å². The maximum absolute atomic E-state index is 13.5. The van der Waals surface area contributed by atoms with Gasteiger partial charge in [0.2, 0.25) is 0 Å². The number of benzene rings is 2. The second-order valence-corrected chi connectivity index (χ2v) is 4.89. The lowest BCUT2D eigenvalue weighted by Gasteiger charge is -2.06. The van der Waals surface area contributed by atoms with Crippen LogP contribution in [0.2, 0.25) is 0 Å². The molecule has 0 saturated carbocycles. The molecule has 0 atom stereocenters. The van der Waals surface area contributed by atoms with E-state index in [-0.39, 0.29) is 11.3 Å². The third-order valence-electron chi connectivity index (χ3n) is 2.56. The summed E-state index contributed by atoms with van der Waals surface area (Å²) in [6.07, 6.45) is 0. The Bertz CT molecular complexity index is 599. The summed E-state index contributed by atoms with van der Waals surface area (Å²) in [5, 5.41) is 11.7. The highest BCUT2D eigenvalue weighted by Gasteiger charge is 2.11. The lowest BCUT2D eigenvalue weighted by atomic mass is 10.1. The predicted molar refractivity (Wildman–Crippen MR) is 73.4 cm³/mol. The van der Waals surface area contributed by atoms with Crippen LogP contribution in [-0.2, 0) is 6.54 Å². The Morgan fingerprint density at radius 1 is 1.21 bits per heavy atom. The van der Waals surface area contributed by atoms with Gasteiger partial charge >= 0.3 is 0 Å². The molecule has 0 radical (unpaired) electrons. The van der Waals surface area contributed by atoms with Crippen molar-refractivity contribution in [2.45, 2.75) is 6.54 Å². The standard InChI is InChI=1S/C14H11BrFNO2/c15-10-3-1-9(2-4-10)8-17-14(19)12-6-5-11(18)7-13(12)16/h1-7,18H,8H2,(H,17,19). The van der Waals surface area contributed by atoms with Gasteiger partial charge in [0.05, 0.1) is 5.56 Å². The summed E-state index contributed by atoms with van der Waals surface area (Å²) >= 11 is 3.32. The smallest absolute Gasteiger partial charge is 0.254 e. The van der Waals surface area contributed by atoms with Gasteiger partial charge in [0, 0.05) is 17.1 Å². The minimum atomic E-state index is -0.742. The molecule has 0 unspecified atom stereocenters. The Balaban J connectivity index is 2.03. The first-order chi connectivity index (χ1) is 9.06. The molecule has 0 aliphatic carbocycles. The van der Waals surface area contributed by atoms with Crippen LogP contribution in [0.25, 0.3) is 0 Å². The van der Waals surface area contributed by atoms with E-state index < -0.39 is 11.7 Å². The third-order valence-corrected chi connectivity index (χ3v) is 3.09. The van der Waals surface area contributed by atoms with Gasteiger partial charge in [-0.1, -0.05) is 28.1 Å². The molecule has 2 rings (SSSR count). The summed E-state index contributed by atoms with van der Waals surface area (Å²) in [5.74, 6) is -1.46. The normalized spacial score (nSPS) is 10.2. The third kappa shape index (κ3) is 3.54. The Morgan fingerprint density at radius 3 is 2.53 bits per heavy atom. The number of carbonyl (C=O) groups excluding carboxylic acids is 1. The molecule has 0 saturated heterocycles. The number of phenols is 1. The van der Waals surface area contributed by atoms with Crippen LogP contribution in [0.15, 0.2) is 46.9 Å². The summed E-state index contributed by atoms with van der Waals surface area (Å²) < 4.78 is 14.4.